The van der Waals surface area contributed by atoms with Crippen molar-refractivity contribution >= 4 is 11.6 Å². The van der Waals surface area contributed by atoms with Gasteiger partial charge in [-0.2, -0.15) is 0 Å². The molecule has 2 heterocycles. The number of nitrogens with zero attached hydrogens (tertiary/aromatic N) is 3. The van der Waals surface area contributed by atoms with Crippen molar-refractivity contribution < 1.29 is 0 Å². The lowest BCUT2D eigenvalue weighted by Crippen LogP contribution is -2.11. The van der Waals surface area contributed by atoms with Crippen molar-refractivity contribution in [2.45, 2.75) is 7.43 Å². The zero-order valence-electron chi connectivity index (χ0n) is 7.96. The van der Waals surface area contributed by atoms with Crippen LogP contribution in [0, 0.1) is 0 Å². The number of hydrogen-bond acceptors (Lipinski definition) is 3. The van der Waals surface area contributed by atoms with Gasteiger partial charge in [0.2, 0.25) is 0 Å². The predicted molar refractivity (Wildman–Crippen MR) is 63.3 cm³/mol. The zero-order chi connectivity index (χ0) is 9.80. The Morgan fingerprint density at radius 1 is 0.867 bits per heavy atom. The Bertz CT molecular complexity index is 347. The summed E-state index contributed by atoms with van der Waals surface area (Å²) in [4.78, 5) is 10.4. The second-order valence-electron chi connectivity index (χ2n) is 2.93. The van der Waals surface area contributed by atoms with E-state index in [0.717, 1.165) is 11.6 Å². The van der Waals surface area contributed by atoms with Gasteiger partial charge in [-0.15, -0.1) is 0 Å². The van der Waals surface area contributed by atoms with Gasteiger partial charge in [-0.25, -0.2) is 9.97 Å². The van der Waals surface area contributed by atoms with Crippen molar-refractivity contribution in [1.82, 2.24) is 9.97 Å². The molecule has 2 rings (SSSR count). The maximum absolute atomic E-state index is 4.24. The summed E-state index contributed by atoms with van der Waals surface area (Å²) in [6, 6.07) is 11.6. The smallest absolute Gasteiger partial charge is 0.133 e. The molecule has 0 aliphatic rings. The molecule has 0 unspecified atom stereocenters. The molecule has 0 fully saturated rings. The first kappa shape index (κ1) is 11.2. The summed E-state index contributed by atoms with van der Waals surface area (Å²) in [7, 11) is 1.95. The summed E-state index contributed by atoms with van der Waals surface area (Å²) in [6.07, 6.45) is 3.55. The molecule has 0 aliphatic heterocycles. The fourth-order valence-corrected chi connectivity index (χ4v) is 1.22. The van der Waals surface area contributed by atoms with Gasteiger partial charge in [0.15, 0.2) is 0 Å². The molecule has 3 heteroatoms. The topological polar surface area (TPSA) is 29.0 Å². The third-order valence-electron chi connectivity index (χ3n) is 1.99. The summed E-state index contributed by atoms with van der Waals surface area (Å²) in [5.41, 5.74) is 0. The third kappa shape index (κ3) is 2.53. The van der Waals surface area contributed by atoms with Crippen LogP contribution in [0.25, 0.3) is 0 Å². The zero-order valence-corrected chi connectivity index (χ0v) is 7.96. The van der Waals surface area contributed by atoms with Crippen molar-refractivity contribution in [3.05, 3.63) is 48.8 Å². The van der Waals surface area contributed by atoms with E-state index in [1.165, 1.54) is 0 Å². The highest BCUT2D eigenvalue weighted by atomic mass is 15.2. The van der Waals surface area contributed by atoms with Crippen molar-refractivity contribution in [2.24, 2.45) is 0 Å². The first-order valence-corrected chi connectivity index (χ1v) is 4.44. The SMILES string of the molecule is C.CN(c1ccccn1)c1ccccn1. The number of aromatic nitrogens is 2. The summed E-state index contributed by atoms with van der Waals surface area (Å²) in [5, 5.41) is 0. The first-order valence-electron chi connectivity index (χ1n) is 4.44. The van der Waals surface area contributed by atoms with Gasteiger partial charge in [0.1, 0.15) is 11.6 Å². The van der Waals surface area contributed by atoms with Crippen LogP contribution in [0.5, 0.6) is 0 Å². The quantitative estimate of drug-likeness (QED) is 0.748. The van der Waals surface area contributed by atoms with Crippen LogP contribution in [0.3, 0.4) is 0 Å². The Morgan fingerprint density at radius 2 is 1.33 bits per heavy atom. The Hall–Kier alpha value is -1.90. The molecule has 2 aromatic rings. The molecular formula is C12H15N3. The Kier molecular flexibility index (Phi) is 3.80. The van der Waals surface area contributed by atoms with E-state index in [4.69, 9.17) is 0 Å². The van der Waals surface area contributed by atoms with E-state index >= 15 is 0 Å². The standard InChI is InChI=1S/C11H11N3.CH4/c1-14(10-6-2-4-8-12-10)11-7-3-5-9-13-11;/h2-9H,1H3;1H4. The van der Waals surface area contributed by atoms with Gasteiger partial charge in [-0.3, -0.25) is 0 Å². The number of rotatable bonds is 2. The normalized spacial score (nSPS) is 9.13. The summed E-state index contributed by atoms with van der Waals surface area (Å²) >= 11 is 0. The molecule has 78 valence electrons. The molecule has 0 amide bonds. The Morgan fingerprint density at radius 3 is 1.67 bits per heavy atom. The van der Waals surface area contributed by atoms with Gasteiger partial charge in [0.25, 0.3) is 0 Å². The van der Waals surface area contributed by atoms with E-state index in [1.54, 1.807) is 12.4 Å². The third-order valence-corrected chi connectivity index (χ3v) is 1.99. The van der Waals surface area contributed by atoms with Crippen LogP contribution in [-0.2, 0) is 0 Å². The highest BCUT2D eigenvalue weighted by Crippen LogP contribution is 2.17. The van der Waals surface area contributed by atoms with Crippen LogP contribution in [0.4, 0.5) is 11.6 Å². The minimum atomic E-state index is 0. The van der Waals surface area contributed by atoms with Crippen molar-refractivity contribution in [2.75, 3.05) is 11.9 Å². The summed E-state index contributed by atoms with van der Waals surface area (Å²) < 4.78 is 0. The summed E-state index contributed by atoms with van der Waals surface area (Å²) in [5.74, 6) is 1.79. The molecule has 15 heavy (non-hydrogen) atoms. The van der Waals surface area contributed by atoms with E-state index < -0.39 is 0 Å². The molecule has 0 spiro atoms. The lowest BCUT2D eigenvalue weighted by molar-refractivity contribution is 1.08. The van der Waals surface area contributed by atoms with E-state index in [-0.39, 0.29) is 7.43 Å². The maximum Gasteiger partial charge on any atom is 0.133 e. The molecule has 0 aliphatic carbocycles. The molecular weight excluding hydrogens is 186 g/mol. The molecule has 0 aromatic carbocycles. The molecule has 0 N–H and O–H groups in total. The van der Waals surface area contributed by atoms with Crippen LogP contribution < -0.4 is 4.90 Å². The average Bonchev–Trinajstić information content (AvgIpc) is 2.30. The lowest BCUT2D eigenvalue weighted by atomic mass is 10.4. The average molecular weight is 201 g/mol. The molecule has 0 saturated carbocycles. The van der Waals surface area contributed by atoms with E-state index in [9.17, 15) is 0 Å². The van der Waals surface area contributed by atoms with E-state index in [0.29, 0.717) is 0 Å². The van der Waals surface area contributed by atoms with Crippen LogP contribution in [0.15, 0.2) is 48.8 Å². The van der Waals surface area contributed by atoms with Crippen LogP contribution in [-0.4, -0.2) is 17.0 Å². The molecule has 0 saturated heterocycles. The van der Waals surface area contributed by atoms with Crippen molar-refractivity contribution in [3.63, 3.8) is 0 Å². The fourth-order valence-electron chi connectivity index (χ4n) is 1.22. The largest absolute Gasteiger partial charge is 0.314 e. The monoisotopic (exact) mass is 201 g/mol. The van der Waals surface area contributed by atoms with Gasteiger partial charge in [0, 0.05) is 19.4 Å². The van der Waals surface area contributed by atoms with Crippen LogP contribution in [0.2, 0.25) is 0 Å². The first-order chi connectivity index (χ1) is 6.88. The Balaban J connectivity index is 0.00000112. The predicted octanol–water partition coefficient (Wildman–Crippen LogP) is 2.88. The molecule has 2 aromatic heterocycles. The van der Waals surface area contributed by atoms with Gasteiger partial charge in [0.05, 0.1) is 0 Å². The maximum atomic E-state index is 4.24. The van der Waals surface area contributed by atoms with Crippen LogP contribution >= 0.6 is 0 Å². The molecule has 0 radical (unpaired) electrons. The highest BCUT2D eigenvalue weighted by Gasteiger charge is 2.03. The minimum absolute atomic E-state index is 0. The van der Waals surface area contributed by atoms with Gasteiger partial charge in [-0.05, 0) is 24.3 Å². The van der Waals surface area contributed by atoms with Gasteiger partial charge < -0.3 is 4.90 Å². The summed E-state index contributed by atoms with van der Waals surface area (Å²) in [6.45, 7) is 0. The molecule has 3 nitrogen and oxygen atoms in total. The van der Waals surface area contributed by atoms with Gasteiger partial charge >= 0.3 is 0 Å². The minimum Gasteiger partial charge on any atom is -0.314 e. The fraction of sp³-hybridized carbons (Fsp3) is 0.167. The molecule has 0 bridgehead atoms. The number of pyridine rings is 2. The Labute approximate surface area is 90.4 Å². The lowest BCUT2D eigenvalue weighted by Gasteiger charge is -2.16. The van der Waals surface area contributed by atoms with Crippen molar-refractivity contribution in [3.8, 4) is 0 Å². The van der Waals surface area contributed by atoms with E-state index in [2.05, 4.69) is 9.97 Å². The second kappa shape index (κ2) is 5.10. The number of hydrogen-bond donors (Lipinski definition) is 0. The van der Waals surface area contributed by atoms with Gasteiger partial charge in [-0.1, -0.05) is 19.6 Å². The van der Waals surface area contributed by atoms with Crippen molar-refractivity contribution in [1.29, 1.82) is 0 Å². The highest BCUT2D eigenvalue weighted by molar-refractivity contribution is 5.53. The van der Waals surface area contributed by atoms with Crippen LogP contribution in [0.1, 0.15) is 7.43 Å². The second-order valence-corrected chi connectivity index (χ2v) is 2.93. The van der Waals surface area contributed by atoms with E-state index in [1.807, 2.05) is 48.3 Å². The number of anilines is 2. The molecule has 0 atom stereocenters.